The third-order valence-electron chi connectivity index (χ3n) is 4.77. The smallest absolute Gasteiger partial charge is 0.242 e. The Morgan fingerprint density at radius 2 is 2.08 bits per heavy atom. The monoisotopic (exact) mass is 358 g/mol. The van der Waals surface area contributed by atoms with Crippen molar-refractivity contribution in [3.8, 4) is 0 Å². The Labute approximate surface area is 153 Å². The number of hydrogen-bond acceptors (Lipinski definition) is 6. The second-order valence-electron chi connectivity index (χ2n) is 6.87. The first-order valence-electron chi connectivity index (χ1n) is 8.99. The van der Waals surface area contributed by atoms with Crippen LogP contribution < -0.4 is 4.90 Å². The normalized spacial score (nSPS) is 20.2. The fourth-order valence-electron chi connectivity index (χ4n) is 3.46. The fraction of sp³-hybridized carbons (Fsp3) is 0.556. The highest BCUT2D eigenvalue weighted by atomic mass is 16.3. The van der Waals surface area contributed by atoms with Crippen LogP contribution in [0.4, 0.5) is 5.95 Å². The van der Waals surface area contributed by atoms with Crippen molar-refractivity contribution in [2.75, 3.05) is 31.6 Å². The molecular weight excluding hydrogens is 332 g/mol. The van der Waals surface area contributed by atoms with Crippen molar-refractivity contribution in [3.63, 3.8) is 0 Å². The summed E-state index contributed by atoms with van der Waals surface area (Å²) in [5.41, 5.74) is -0.968. The number of aromatic nitrogens is 4. The summed E-state index contributed by atoms with van der Waals surface area (Å²) >= 11 is 0. The van der Waals surface area contributed by atoms with Crippen molar-refractivity contribution >= 4 is 11.9 Å². The summed E-state index contributed by atoms with van der Waals surface area (Å²) in [6.07, 6.45) is 9.18. The number of amides is 1. The number of β-amino-alcohol motifs (C(OH)–C–C–N with tert-alkyl or cyclic N) is 1. The number of carbonyl (C=O) groups excluding carboxylic acids is 1. The van der Waals surface area contributed by atoms with Gasteiger partial charge >= 0.3 is 0 Å². The van der Waals surface area contributed by atoms with Crippen LogP contribution in [0, 0.1) is 0 Å². The first-order chi connectivity index (χ1) is 12.5. The van der Waals surface area contributed by atoms with E-state index in [-0.39, 0.29) is 19.0 Å². The van der Waals surface area contributed by atoms with Gasteiger partial charge in [0.1, 0.15) is 12.4 Å². The zero-order valence-electron chi connectivity index (χ0n) is 15.4. The summed E-state index contributed by atoms with van der Waals surface area (Å²) in [5.74, 6) is 1.46. The van der Waals surface area contributed by atoms with E-state index >= 15 is 0 Å². The Morgan fingerprint density at radius 1 is 1.31 bits per heavy atom. The maximum absolute atomic E-state index is 12.6. The van der Waals surface area contributed by atoms with E-state index in [4.69, 9.17) is 0 Å². The van der Waals surface area contributed by atoms with Crippen LogP contribution in [0.1, 0.15) is 25.6 Å². The first-order valence-corrected chi connectivity index (χ1v) is 8.99. The number of aliphatic hydroxyl groups is 1. The molecule has 0 radical (unpaired) electrons. The van der Waals surface area contributed by atoms with E-state index in [1.807, 2.05) is 22.6 Å². The van der Waals surface area contributed by atoms with Gasteiger partial charge in [-0.05, 0) is 18.9 Å². The van der Waals surface area contributed by atoms with Gasteiger partial charge in [0.25, 0.3) is 0 Å². The topological polar surface area (TPSA) is 87.4 Å². The van der Waals surface area contributed by atoms with Crippen LogP contribution in [0.25, 0.3) is 0 Å². The molecule has 140 valence electrons. The Balaban J connectivity index is 1.62. The molecule has 1 fully saturated rings. The number of rotatable bonds is 6. The molecule has 1 N–H and O–H groups in total. The van der Waals surface area contributed by atoms with E-state index in [9.17, 15) is 9.90 Å². The molecular formula is C18H26N6O2. The summed E-state index contributed by atoms with van der Waals surface area (Å²) in [4.78, 5) is 28.9. The van der Waals surface area contributed by atoms with Crippen LogP contribution in [0.5, 0.6) is 0 Å². The fourth-order valence-corrected chi connectivity index (χ4v) is 3.46. The van der Waals surface area contributed by atoms with E-state index in [1.54, 1.807) is 36.6 Å². The van der Waals surface area contributed by atoms with Crippen molar-refractivity contribution in [2.45, 2.75) is 38.3 Å². The Bertz CT molecular complexity index is 734. The number of piperidine rings is 1. The molecule has 1 aliphatic heterocycles. The van der Waals surface area contributed by atoms with Crippen molar-refractivity contribution in [1.29, 1.82) is 0 Å². The van der Waals surface area contributed by atoms with Crippen LogP contribution in [-0.2, 0) is 17.8 Å². The lowest BCUT2D eigenvalue weighted by Gasteiger charge is -2.41. The number of anilines is 1. The van der Waals surface area contributed by atoms with Crippen LogP contribution >= 0.6 is 0 Å². The van der Waals surface area contributed by atoms with Crippen LogP contribution in [0.15, 0.2) is 30.9 Å². The van der Waals surface area contributed by atoms with Crippen LogP contribution in [-0.4, -0.2) is 67.7 Å². The summed E-state index contributed by atoms with van der Waals surface area (Å²) < 4.78 is 1.86. The lowest BCUT2D eigenvalue weighted by atomic mass is 9.92. The molecule has 3 heterocycles. The third-order valence-corrected chi connectivity index (χ3v) is 4.77. The maximum Gasteiger partial charge on any atom is 0.242 e. The number of carbonyl (C=O) groups is 1. The zero-order chi connectivity index (χ0) is 18.6. The standard InChI is InChI=1S/C18H26N6O2/c1-3-15-19-9-11-23(15)12-16(25)22(2)13-18(26)6-4-10-24(14-18)17-20-7-5-8-21-17/h5,7-9,11,26H,3-4,6,10,12-14H2,1-2H3/t18-/m0/s1. The van der Waals surface area contributed by atoms with E-state index in [1.165, 1.54) is 0 Å². The molecule has 2 aromatic heterocycles. The number of likely N-dealkylation sites (N-methyl/N-ethyl adjacent to an activating group) is 1. The molecule has 1 saturated heterocycles. The van der Waals surface area contributed by atoms with Crippen molar-refractivity contribution < 1.29 is 9.90 Å². The highest BCUT2D eigenvalue weighted by Gasteiger charge is 2.36. The van der Waals surface area contributed by atoms with Gasteiger partial charge in [0.15, 0.2) is 0 Å². The average molecular weight is 358 g/mol. The SMILES string of the molecule is CCc1nccn1CC(=O)N(C)C[C@@]1(O)CCCN(c2ncccn2)C1. The first kappa shape index (κ1) is 18.3. The Hall–Kier alpha value is -2.48. The third kappa shape index (κ3) is 4.19. The van der Waals surface area contributed by atoms with Gasteiger partial charge in [-0.25, -0.2) is 15.0 Å². The van der Waals surface area contributed by atoms with Gasteiger partial charge in [0.2, 0.25) is 11.9 Å². The molecule has 1 atom stereocenters. The highest BCUT2D eigenvalue weighted by molar-refractivity contribution is 5.75. The summed E-state index contributed by atoms with van der Waals surface area (Å²) in [6.45, 7) is 3.75. The van der Waals surface area contributed by atoms with Gasteiger partial charge in [0, 0.05) is 44.8 Å². The molecule has 8 nitrogen and oxygen atoms in total. The van der Waals surface area contributed by atoms with Gasteiger partial charge in [-0.15, -0.1) is 0 Å². The minimum Gasteiger partial charge on any atom is -0.386 e. The van der Waals surface area contributed by atoms with Gasteiger partial charge in [-0.3, -0.25) is 4.79 Å². The van der Waals surface area contributed by atoms with Crippen molar-refractivity contribution in [2.24, 2.45) is 0 Å². The predicted octanol–water partition coefficient (Wildman–Crippen LogP) is 0.725. The predicted molar refractivity (Wildman–Crippen MR) is 97.7 cm³/mol. The lowest BCUT2D eigenvalue weighted by Crippen LogP contribution is -2.55. The van der Waals surface area contributed by atoms with Gasteiger partial charge < -0.3 is 19.5 Å². The van der Waals surface area contributed by atoms with Crippen molar-refractivity contribution in [1.82, 2.24) is 24.4 Å². The molecule has 0 unspecified atom stereocenters. The van der Waals surface area contributed by atoms with Gasteiger partial charge in [-0.1, -0.05) is 6.92 Å². The quantitative estimate of drug-likeness (QED) is 0.819. The molecule has 0 spiro atoms. The molecule has 0 aliphatic carbocycles. The molecule has 0 saturated carbocycles. The van der Waals surface area contributed by atoms with Gasteiger partial charge in [0.05, 0.1) is 18.7 Å². The number of hydrogen-bond donors (Lipinski definition) is 1. The summed E-state index contributed by atoms with van der Waals surface area (Å²) in [5, 5.41) is 11.0. The summed E-state index contributed by atoms with van der Waals surface area (Å²) in [6, 6.07) is 1.77. The lowest BCUT2D eigenvalue weighted by molar-refractivity contribution is -0.134. The molecule has 3 rings (SSSR count). The van der Waals surface area contributed by atoms with E-state index in [0.717, 1.165) is 25.2 Å². The molecule has 8 heteroatoms. The molecule has 1 amide bonds. The van der Waals surface area contributed by atoms with Crippen LogP contribution in [0.3, 0.4) is 0 Å². The van der Waals surface area contributed by atoms with Crippen molar-refractivity contribution in [3.05, 3.63) is 36.7 Å². The molecule has 1 aliphatic rings. The van der Waals surface area contributed by atoms with E-state index < -0.39 is 5.60 Å². The number of nitrogens with zero attached hydrogens (tertiary/aromatic N) is 6. The largest absolute Gasteiger partial charge is 0.386 e. The average Bonchev–Trinajstić information content (AvgIpc) is 3.09. The molecule has 0 bridgehead atoms. The maximum atomic E-state index is 12.6. The highest BCUT2D eigenvalue weighted by Crippen LogP contribution is 2.24. The molecule has 2 aromatic rings. The minimum atomic E-state index is -0.968. The Kier molecular flexibility index (Phi) is 5.51. The summed E-state index contributed by atoms with van der Waals surface area (Å²) in [7, 11) is 1.74. The second-order valence-corrected chi connectivity index (χ2v) is 6.87. The second kappa shape index (κ2) is 7.82. The zero-order valence-corrected chi connectivity index (χ0v) is 15.4. The number of aryl methyl sites for hydroxylation is 1. The minimum absolute atomic E-state index is 0.0424. The van der Waals surface area contributed by atoms with E-state index in [2.05, 4.69) is 15.0 Å². The number of imidazole rings is 1. The van der Waals surface area contributed by atoms with E-state index in [0.29, 0.717) is 18.9 Å². The van der Waals surface area contributed by atoms with Crippen LogP contribution in [0.2, 0.25) is 0 Å². The molecule has 26 heavy (non-hydrogen) atoms. The molecule has 0 aromatic carbocycles. The van der Waals surface area contributed by atoms with Gasteiger partial charge in [-0.2, -0.15) is 0 Å². The Morgan fingerprint density at radius 3 is 2.81 bits per heavy atom.